The molecule has 0 saturated carbocycles. The summed E-state index contributed by atoms with van der Waals surface area (Å²) in [7, 11) is 1.17. The number of nitro groups is 1. The highest BCUT2D eigenvalue weighted by molar-refractivity contribution is 5.81. The van der Waals surface area contributed by atoms with Crippen molar-refractivity contribution in [3.05, 3.63) is 64.2 Å². The molecule has 0 saturated heterocycles. The van der Waals surface area contributed by atoms with Gasteiger partial charge >= 0.3 is 11.9 Å². The number of nitrogens with zero attached hydrogens (tertiary/aromatic N) is 4. The molecule has 4 aromatic rings. The number of hydrogen-bond donors (Lipinski definition) is 2. The molecule has 174 valence electrons. The summed E-state index contributed by atoms with van der Waals surface area (Å²) in [6.07, 6.45) is -4.86. The number of pyridine rings is 1. The Morgan fingerprint density at radius 3 is 2.38 bits per heavy atom. The molecule has 0 bridgehead atoms. The lowest BCUT2D eigenvalue weighted by Crippen LogP contribution is -2.11. The first kappa shape index (κ1) is 22.5. The highest BCUT2D eigenvalue weighted by Crippen LogP contribution is 2.44. The predicted octanol–water partition coefficient (Wildman–Crippen LogP) is 4.81. The molecule has 0 unspecified atom stereocenters. The highest BCUT2D eigenvalue weighted by Gasteiger charge is 2.38. The van der Waals surface area contributed by atoms with Crippen LogP contribution in [0.3, 0.4) is 0 Å². The Morgan fingerprint density at radius 1 is 1.06 bits per heavy atom. The minimum Gasteiger partial charge on any atom is -0.504 e. The van der Waals surface area contributed by atoms with Crippen LogP contribution in [0.2, 0.25) is 0 Å². The number of hydrogen-bond acceptors (Lipinski definition) is 9. The van der Waals surface area contributed by atoms with Crippen LogP contribution in [0.4, 0.5) is 18.9 Å². The SMILES string of the molecule is COc1cc(C(F)(F)F)c(-c2noc(-c3cc(O)c(O)c([N+](=O)[O-])c3)n2)c(-c2ccccc2)n1. The van der Waals surface area contributed by atoms with Crippen LogP contribution in [0, 0.1) is 10.1 Å². The average molecular weight is 474 g/mol. The normalized spacial score (nSPS) is 11.4. The van der Waals surface area contributed by atoms with Crippen molar-refractivity contribution in [2.24, 2.45) is 0 Å². The first-order valence-corrected chi connectivity index (χ1v) is 9.36. The molecule has 2 heterocycles. The second-order valence-corrected chi connectivity index (χ2v) is 6.84. The van der Waals surface area contributed by atoms with Gasteiger partial charge in [0.2, 0.25) is 17.5 Å². The van der Waals surface area contributed by atoms with E-state index in [4.69, 9.17) is 9.26 Å². The maximum Gasteiger partial charge on any atom is 0.417 e. The van der Waals surface area contributed by atoms with Gasteiger partial charge in [-0.05, 0) is 6.07 Å². The average Bonchev–Trinajstić information content (AvgIpc) is 3.29. The molecule has 0 aliphatic heterocycles. The number of benzene rings is 2. The van der Waals surface area contributed by atoms with Crippen LogP contribution >= 0.6 is 0 Å². The van der Waals surface area contributed by atoms with Crippen LogP contribution in [0.25, 0.3) is 34.1 Å². The molecule has 0 amide bonds. The number of phenols is 2. The van der Waals surface area contributed by atoms with Crippen LogP contribution in [0.15, 0.2) is 53.1 Å². The molecule has 0 spiro atoms. The lowest BCUT2D eigenvalue weighted by molar-refractivity contribution is -0.385. The first-order valence-electron chi connectivity index (χ1n) is 9.36. The minimum absolute atomic E-state index is 0.140. The molecule has 2 aromatic heterocycles. The molecule has 13 heteroatoms. The van der Waals surface area contributed by atoms with Crippen LogP contribution in [-0.2, 0) is 6.18 Å². The Hall–Kier alpha value is -4.68. The van der Waals surface area contributed by atoms with E-state index in [1.54, 1.807) is 18.2 Å². The van der Waals surface area contributed by atoms with Crippen molar-refractivity contribution >= 4 is 5.69 Å². The van der Waals surface area contributed by atoms with Gasteiger partial charge in [0.1, 0.15) is 0 Å². The van der Waals surface area contributed by atoms with E-state index in [1.807, 2.05) is 0 Å². The van der Waals surface area contributed by atoms with Crippen molar-refractivity contribution in [1.29, 1.82) is 0 Å². The Morgan fingerprint density at radius 2 is 1.76 bits per heavy atom. The molecule has 0 atom stereocenters. The fraction of sp³-hybridized carbons (Fsp3) is 0.0952. The molecule has 2 aromatic carbocycles. The Balaban J connectivity index is 1.96. The predicted molar refractivity (Wildman–Crippen MR) is 110 cm³/mol. The number of rotatable bonds is 5. The second kappa shape index (κ2) is 8.35. The number of aromatic nitrogens is 3. The van der Waals surface area contributed by atoms with E-state index < -0.39 is 51.1 Å². The summed E-state index contributed by atoms with van der Waals surface area (Å²) in [5.74, 6) is -3.07. The Labute approximate surface area is 188 Å². The van der Waals surface area contributed by atoms with Gasteiger partial charge in [0.25, 0.3) is 5.89 Å². The van der Waals surface area contributed by atoms with Crippen LogP contribution in [0.1, 0.15) is 5.56 Å². The summed E-state index contributed by atoms with van der Waals surface area (Å²) < 4.78 is 52.0. The van der Waals surface area contributed by atoms with Crippen molar-refractivity contribution in [2.45, 2.75) is 6.18 Å². The highest BCUT2D eigenvalue weighted by atomic mass is 19.4. The van der Waals surface area contributed by atoms with Gasteiger partial charge in [-0.3, -0.25) is 10.1 Å². The zero-order chi connectivity index (χ0) is 24.6. The molecule has 0 aliphatic rings. The van der Waals surface area contributed by atoms with E-state index in [0.29, 0.717) is 11.6 Å². The molecular weight excluding hydrogens is 461 g/mol. The molecule has 0 aliphatic carbocycles. The van der Waals surface area contributed by atoms with Gasteiger partial charge in [0, 0.05) is 17.7 Å². The van der Waals surface area contributed by atoms with Gasteiger partial charge in [-0.25, -0.2) is 4.98 Å². The largest absolute Gasteiger partial charge is 0.504 e. The fourth-order valence-electron chi connectivity index (χ4n) is 3.19. The van der Waals surface area contributed by atoms with E-state index in [-0.39, 0.29) is 17.1 Å². The zero-order valence-electron chi connectivity index (χ0n) is 17.1. The van der Waals surface area contributed by atoms with Gasteiger partial charge in [0.15, 0.2) is 5.75 Å². The Kier molecular flexibility index (Phi) is 5.53. The maximum atomic E-state index is 14.0. The molecule has 4 rings (SSSR count). The second-order valence-electron chi connectivity index (χ2n) is 6.84. The number of aromatic hydroxyl groups is 2. The summed E-state index contributed by atoms with van der Waals surface area (Å²) in [5, 5.41) is 34.2. The van der Waals surface area contributed by atoms with Crippen LogP contribution < -0.4 is 4.74 Å². The molecule has 34 heavy (non-hydrogen) atoms. The van der Waals surface area contributed by atoms with E-state index in [1.165, 1.54) is 19.2 Å². The van der Waals surface area contributed by atoms with Crippen LogP contribution in [-0.4, -0.2) is 37.4 Å². The van der Waals surface area contributed by atoms with Crippen molar-refractivity contribution in [1.82, 2.24) is 15.1 Å². The Bertz CT molecular complexity index is 1390. The first-order chi connectivity index (χ1) is 16.1. The standard InChI is InChI=1S/C21H13F3N4O6/c1-33-15-9-12(21(22,23)24)16(17(25-15)10-5-3-2-4-6-10)19-26-20(34-27-19)11-7-13(28(31)32)18(30)14(29)8-11/h2-9,29-30H,1H3. The van der Waals surface area contributed by atoms with E-state index >= 15 is 0 Å². The van der Waals surface area contributed by atoms with Gasteiger partial charge in [-0.1, -0.05) is 35.5 Å². The number of phenolic OH excluding ortho intramolecular Hbond substituents is 2. The summed E-state index contributed by atoms with van der Waals surface area (Å²) in [6.45, 7) is 0. The smallest absolute Gasteiger partial charge is 0.417 e. The molecule has 10 nitrogen and oxygen atoms in total. The number of methoxy groups -OCH3 is 1. The molecular formula is C21H13F3N4O6. The van der Waals surface area contributed by atoms with E-state index in [2.05, 4.69) is 15.1 Å². The van der Waals surface area contributed by atoms with Crippen molar-refractivity contribution < 1.29 is 37.6 Å². The van der Waals surface area contributed by atoms with Crippen LogP contribution in [0.5, 0.6) is 17.4 Å². The molecule has 0 fully saturated rings. The third-order valence-electron chi connectivity index (χ3n) is 4.72. The third kappa shape index (κ3) is 4.05. The van der Waals surface area contributed by atoms with Crippen molar-refractivity contribution in [3.8, 4) is 51.5 Å². The number of ether oxygens (including phenoxy) is 1. The van der Waals surface area contributed by atoms with Gasteiger partial charge < -0.3 is 19.5 Å². The van der Waals surface area contributed by atoms with E-state index in [0.717, 1.165) is 12.1 Å². The van der Waals surface area contributed by atoms with Crippen molar-refractivity contribution in [3.63, 3.8) is 0 Å². The molecule has 2 N–H and O–H groups in total. The summed E-state index contributed by atoms with van der Waals surface area (Å²) in [6, 6.07) is 10.4. The third-order valence-corrected chi connectivity index (χ3v) is 4.72. The van der Waals surface area contributed by atoms with Gasteiger partial charge in [-0.2, -0.15) is 18.2 Å². The lowest BCUT2D eigenvalue weighted by atomic mass is 9.99. The summed E-state index contributed by atoms with van der Waals surface area (Å²) >= 11 is 0. The van der Waals surface area contributed by atoms with Gasteiger partial charge in [-0.15, -0.1) is 0 Å². The molecule has 0 radical (unpaired) electrons. The number of halogens is 3. The van der Waals surface area contributed by atoms with E-state index in [9.17, 15) is 33.5 Å². The quantitative estimate of drug-likeness (QED) is 0.236. The number of alkyl halides is 3. The monoisotopic (exact) mass is 474 g/mol. The zero-order valence-corrected chi connectivity index (χ0v) is 17.1. The topological polar surface area (TPSA) is 145 Å². The summed E-state index contributed by atoms with van der Waals surface area (Å²) in [5.41, 5.74) is -2.54. The minimum atomic E-state index is -4.86. The number of nitro benzene ring substituents is 1. The lowest BCUT2D eigenvalue weighted by Gasteiger charge is -2.16. The van der Waals surface area contributed by atoms with Gasteiger partial charge in [0.05, 0.1) is 34.4 Å². The fourth-order valence-corrected chi connectivity index (χ4v) is 3.19. The maximum absolute atomic E-state index is 14.0. The van der Waals surface area contributed by atoms with Crippen molar-refractivity contribution in [2.75, 3.05) is 7.11 Å². The summed E-state index contributed by atoms with van der Waals surface area (Å²) in [4.78, 5) is 18.3.